The van der Waals surface area contributed by atoms with E-state index in [2.05, 4.69) is 15.4 Å². The Balaban J connectivity index is 1.37. The molecule has 2 aromatic heterocycles. The summed E-state index contributed by atoms with van der Waals surface area (Å²) in [5.41, 5.74) is 2.45. The van der Waals surface area contributed by atoms with Crippen LogP contribution in [0.25, 0.3) is 16.9 Å². The number of aromatic nitrogens is 3. The molecule has 0 saturated heterocycles. The van der Waals surface area contributed by atoms with Crippen LogP contribution in [0, 0.1) is 3.95 Å². The number of nitrogens with one attached hydrogen (secondary N) is 1. The average Bonchev–Trinajstić information content (AvgIpc) is 3.35. The summed E-state index contributed by atoms with van der Waals surface area (Å²) >= 11 is 21.5. The molecule has 0 saturated carbocycles. The van der Waals surface area contributed by atoms with Crippen LogP contribution in [-0.2, 0) is 4.79 Å². The molecule has 1 N–H and O–H groups in total. The van der Waals surface area contributed by atoms with E-state index in [9.17, 15) is 4.79 Å². The van der Waals surface area contributed by atoms with Crippen LogP contribution in [0.4, 0.5) is 5.13 Å². The highest BCUT2D eigenvalue weighted by Gasteiger charge is 2.12. The Labute approximate surface area is 199 Å². The number of carbonyl (C=O) groups excluding carboxylic acids is 1. The van der Waals surface area contributed by atoms with Crippen molar-refractivity contribution in [2.75, 3.05) is 11.1 Å². The molecule has 0 radical (unpaired) electrons. The third-order valence-electron chi connectivity index (χ3n) is 3.82. The van der Waals surface area contributed by atoms with Gasteiger partial charge in [0.2, 0.25) is 5.91 Å². The van der Waals surface area contributed by atoms with Gasteiger partial charge in [-0.05, 0) is 36.5 Å². The lowest BCUT2D eigenvalue weighted by Crippen LogP contribution is -2.13. The molecule has 30 heavy (non-hydrogen) atoms. The maximum Gasteiger partial charge on any atom is 0.236 e. The fourth-order valence-electron chi connectivity index (χ4n) is 2.45. The van der Waals surface area contributed by atoms with E-state index < -0.39 is 0 Å². The molecule has 1 amide bonds. The van der Waals surface area contributed by atoms with E-state index in [4.69, 9.17) is 35.4 Å². The van der Waals surface area contributed by atoms with Crippen molar-refractivity contribution >= 4 is 80.9 Å². The lowest BCUT2D eigenvalue weighted by molar-refractivity contribution is -0.113. The van der Waals surface area contributed by atoms with Gasteiger partial charge in [0, 0.05) is 10.9 Å². The van der Waals surface area contributed by atoms with E-state index in [1.807, 2.05) is 41.8 Å². The standard InChI is InChI=1S/C19H12Cl2N4OS4/c20-13-7-6-11(8-14(13)21)15-9-28-17(22-15)23-16(26)10-29-18-24-25(19(27)30-18)12-4-2-1-3-5-12/h1-9H,10H2,(H,22,23,26). The minimum atomic E-state index is -0.164. The molecule has 0 spiro atoms. The Kier molecular flexibility index (Phi) is 6.87. The second-order valence-electron chi connectivity index (χ2n) is 5.88. The third kappa shape index (κ3) is 5.11. The predicted molar refractivity (Wildman–Crippen MR) is 129 cm³/mol. The Morgan fingerprint density at radius 3 is 2.73 bits per heavy atom. The van der Waals surface area contributed by atoms with Gasteiger partial charge >= 0.3 is 0 Å². The lowest BCUT2D eigenvalue weighted by atomic mass is 10.2. The van der Waals surface area contributed by atoms with E-state index in [1.54, 1.807) is 16.8 Å². The number of thioether (sulfide) groups is 1. The van der Waals surface area contributed by atoms with Crippen molar-refractivity contribution in [2.24, 2.45) is 0 Å². The minimum Gasteiger partial charge on any atom is -0.301 e. The van der Waals surface area contributed by atoms with Crippen molar-refractivity contribution in [3.8, 4) is 16.9 Å². The maximum absolute atomic E-state index is 12.3. The number of hydrogen-bond donors (Lipinski definition) is 1. The van der Waals surface area contributed by atoms with Crippen LogP contribution < -0.4 is 5.32 Å². The number of carbonyl (C=O) groups is 1. The van der Waals surface area contributed by atoms with Gasteiger partial charge in [0.05, 0.1) is 27.2 Å². The molecular weight excluding hydrogens is 499 g/mol. The highest BCUT2D eigenvalue weighted by molar-refractivity contribution is 8.01. The number of hydrogen-bond acceptors (Lipinski definition) is 7. The van der Waals surface area contributed by atoms with Gasteiger partial charge in [-0.15, -0.1) is 16.4 Å². The van der Waals surface area contributed by atoms with Crippen LogP contribution in [0.2, 0.25) is 10.0 Å². The van der Waals surface area contributed by atoms with Gasteiger partial charge in [-0.2, -0.15) is 0 Å². The predicted octanol–water partition coefficient (Wildman–Crippen LogP) is 6.82. The van der Waals surface area contributed by atoms with Crippen molar-refractivity contribution in [3.63, 3.8) is 0 Å². The second-order valence-corrected chi connectivity index (χ2v) is 10.4. The summed E-state index contributed by atoms with van der Waals surface area (Å²) in [6, 6.07) is 15.0. The monoisotopic (exact) mass is 510 g/mol. The maximum atomic E-state index is 12.3. The molecule has 0 bridgehead atoms. The normalized spacial score (nSPS) is 10.9. The Morgan fingerprint density at radius 1 is 1.17 bits per heavy atom. The summed E-state index contributed by atoms with van der Waals surface area (Å²) < 4.78 is 3.06. The van der Waals surface area contributed by atoms with Gasteiger partial charge in [-0.3, -0.25) is 4.79 Å². The molecule has 2 aromatic carbocycles. The van der Waals surface area contributed by atoms with E-state index in [0.29, 0.717) is 19.1 Å². The number of para-hydroxylation sites is 1. The number of nitrogens with zero attached hydrogens (tertiary/aromatic N) is 3. The molecule has 4 aromatic rings. The molecule has 5 nitrogen and oxygen atoms in total. The molecular formula is C19H12Cl2N4OS4. The Morgan fingerprint density at radius 2 is 1.97 bits per heavy atom. The molecule has 4 rings (SSSR count). The van der Waals surface area contributed by atoms with Crippen LogP contribution in [0.1, 0.15) is 0 Å². The topological polar surface area (TPSA) is 59.8 Å². The largest absolute Gasteiger partial charge is 0.301 e. The molecule has 11 heteroatoms. The van der Waals surface area contributed by atoms with Crippen molar-refractivity contribution in [1.29, 1.82) is 0 Å². The second kappa shape index (κ2) is 9.59. The molecule has 0 aliphatic rings. The first-order valence-corrected chi connectivity index (χ1v) is 12.3. The first kappa shape index (κ1) is 21.5. The summed E-state index contributed by atoms with van der Waals surface area (Å²) in [4.78, 5) is 16.8. The van der Waals surface area contributed by atoms with Crippen LogP contribution >= 0.6 is 69.9 Å². The number of halogens is 2. The van der Waals surface area contributed by atoms with Crippen LogP contribution in [-0.4, -0.2) is 26.4 Å². The van der Waals surface area contributed by atoms with E-state index in [-0.39, 0.29) is 11.7 Å². The fraction of sp³-hybridized carbons (Fsp3) is 0.0526. The number of anilines is 1. The summed E-state index contributed by atoms with van der Waals surface area (Å²) in [7, 11) is 0. The summed E-state index contributed by atoms with van der Waals surface area (Å²) in [5, 5.41) is 10.6. The van der Waals surface area contributed by atoms with Gasteiger partial charge in [-0.25, -0.2) is 9.67 Å². The average molecular weight is 512 g/mol. The Hall–Kier alpha value is -1.75. The van der Waals surface area contributed by atoms with Crippen molar-refractivity contribution in [2.45, 2.75) is 4.34 Å². The Bertz CT molecular complexity index is 1250. The molecule has 152 valence electrons. The molecule has 2 heterocycles. The molecule has 0 aliphatic carbocycles. The number of benzene rings is 2. The number of amides is 1. The lowest BCUT2D eigenvalue weighted by Gasteiger charge is -2.01. The van der Waals surface area contributed by atoms with Gasteiger partial charge in [0.25, 0.3) is 0 Å². The van der Waals surface area contributed by atoms with Crippen LogP contribution in [0.5, 0.6) is 0 Å². The van der Waals surface area contributed by atoms with E-state index >= 15 is 0 Å². The van der Waals surface area contributed by atoms with Gasteiger partial charge in [0.1, 0.15) is 0 Å². The van der Waals surface area contributed by atoms with Gasteiger partial charge < -0.3 is 5.32 Å². The zero-order chi connectivity index (χ0) is 21.1. The van der Waals surface area contributed by atoms with Gasteiger partial charge in [-0.1, -0.05) is 70.6 Å². The quantitative estimate of drug-likeness (QED) is 0.227. The highest BCUT2D eigenvalue weighted by atomic mass is 35.5. The summed E-state index contributed by atoms with van der Waals surface area (Å²) in [6.45, 7) is 0. The molecule has 0 unspecified atom stereocenters. The third-order valence-corrected chi connectivity index (χ3v) is 7.68. The first-order valence-electron chi connectivity index (χ1n) is 8.49. The molecule has 0 fully saturated rings. The first-order chi connectivity index (χ1) is 14.5. The van der Waals surface area contributed by atoms with Gasteiger partial charge in [0.15, 0.2) is 13.4 Å². The smallest absolute Gasteiger partial charge is 0.236 e. The fourth-order valence-corrected chi connectivity index (χ4v) is 5.65. The molecule has 0 atom stereocenters. The molecule has 0 aliphatic heterocycles. The van der Waals surface area contributed by atoms with E-state index in [0.717, 1.165) is 21.3 Å². The van der Waals surface area contributed by atoms with Crippen molar-refractivity contribution in [3.05, 3.63) is 67.9 Å². The highest BCUT2D eigenvalue weighted by Crippen LogP contribution is 2.31. The summed E-state index contributed by atoms with van der Waals surface area (Å²) in [5.74, 6) is 0.0427. The van der Waals surface area contributed by atoms with Crippen LogP contribution in [0.15, 0.2) is 58.3 Å². The number of thiazole rings is 1. The zero-order valence-electron chi connectivity index (χ0n) is 15.0. The summed E-state index contributed by atoms with van der Waals surface area (Å²) in [6.07, 6.45) is 0. The van der Waals surface area contributed by atoms with Crippen LogP contribution in [0.3, 0.4) is 0 Å². The van der Waals surface area contributed by atoms with Crippen molar-refractivity contribution < 1.29 is 4.79 Å². The number of rotatable bonds is 6. The van der Waals surface area contributed by atoms with Crippen molar-refractivity contribution in [1.82, 2.24) is 14.8 Å². The van der Waals surface area contributed by atoms with E-state index in [1.165, 1.54) is 34.4 Å². The minimum absolute atomic E-state index is 0.164. The zero-order valence-corrected chi connectivity index (χ0v) is 19.8. The SMILES string of the molecule is O=C(CSc1nn(-c2ccccc2)c(=S)s1)Nc1nc(-c2ccc(Cl)c(Cl)c2)cs1.